The molecule has 1 saturated heterocycles. The second-order valence-electron chi connectivity index (χ2n) is 6.39. The first kappa shape index (κ1) is 14.8. The summed E-state index contributed by atoms with van der Waals surface area (Å²) < 4.78 is 0. The maximum Gasteiger partial charge on any atom is 0.245 e. The number of carbonyl (C=O) groups excluding carboxylic acids is 1. The molecule has 0 N–H and O–H groups in total. The van der Waals surface area contributed by atoms with Gasteiger partial charge in [0.2, 0.25) is 5.91 Å². The number of benzene rings is 1. The van der Waals surface area contributed by atoms with Crippen LogP contribution in [0.3, 0.4) is 0 Å². The summed E-state index contributed by atoms with van der Waals surface area (Å²) in [6.07, 6.45) is 1.83. The highest BCUT2D eigenvalue weighted by molar-refractivity contribution is 5.95. The Morgan fingerprint density at radius 2 is 2.00 bits per heavy atom. The van der Waals surface area contributed by atoms with Crippen LogP contribution in [0, 0.1) is 5.92 Å². The van der Waals surface area contributed by atoms with Crippen LogP contribution < -0.4 is 4.90 Å². The molecule has 1 amide bonds. The van der Waals surface area contributed by atoms with E-state index in [2.05, 4.69) is 29.8 Å². The molecule has 0 bridgehead atoms. The minimum atomic E-state index is -0.127. The zero-order valence-electron chi connectivity index (χ0n) is 13.5. The molecule has 2 aromatic rings. The summed E-state index contributed by atoms with van der Waals surface area (Å²) in [5.41, 5.74) is 2.08. The number of carbonyl (C=O) groups is 1. The molecule has 0 spiro atoms. The van der Waals surface area contributed by atoms with E-state index in [0.717, 1.165) is 36.2 Å². The van der Waals surface area contributed by atoms with Gasteiger partial charge < -0.3 is 9.80 Å². The fraction of sp³-hybridized carbons (Fsp3) is 0.444. The third-order valence-electron chi connectivity index (χ3n) is 4.27. The van der Waals surface area contributed by atoms with Crippen molar-refractivity contribution >= 4 is 22.5 Å². The van der Waals surface area contributed by atoms with Gasteiger partial charge in [0.15, 0.2) is 0 Å². The van der Waals surface area contributed by atoms with E-state index >= 15 is 0 Å². The Morgan fingerprint density at radius 1 is 1.23 bits per heavy atom. The maximum atomic E-state index is 12.6. The van der Waals surface area contributed by atoms with E-state index in [1.165, 1.54) is 0 Å². The molecule has 1 aliphatic rings. The molecule has 0 aliphatic carbocycles. The number of fused-ring (bicyclic) bond motifs is 1. The predicted molar refractivity (Wildman–Crippen MR) is 90.0 cm³/mol. The SMILES string of the molecule is CC(C)CN1CCN(c2ccnc3ccccc23)C(C)C1=O. The highest BCUT2D eigenvalue weighted by Crippen LogP contribution is 2.28. The van der Waals surface area contributed by atoms with E-state index in [1.54, 1.807) is 0 Å². The molecule has 3 rings (SSSR count). The van der Waals surface area contributed by atoms with Crippen molar-refractivity contribution in [3.8, 4) is 0 Å². The second-order valence-corrected chi connectivity index (χ2v) is 6.39. The number of aromatic nitrogens is 1. The lowest BCUT2D eigenvalue weighted by Gasteiger charge is -2.41. The van der Waals surface area contributed by atoms with E-state index in [0.29, 0.717) is 5.92 Å². The summed E-state index contributed by atoms with van der Waals surface area (Å²) in [4.78, 5) is 21.3. The number of para-hydroxylation sites is 1. The molecule has 1 unspecified atom stereocenters. The molecule has 116 valence electrons. The lowest BCUT2D eigenvalue weighted by Crippen LogP contribution is -2.56. The molecule has 1 aromatic heterocycles. The number of amides is 1. The van der Waals surface area contributed by atoms with Gasteiger partial charge in [-0.3, -0.25) is 9.78 Å². The van der Waals surface area contributed by atoms with E-state index in [-0.39, 0.29) is 11.9 Å². The third kappa shape index (κ3) is 2.65. The van der Waals surface area contributed by atoms with Gasteiger partial charge >= 0.3 is 0 Å². The lowest BCUT2D eigenvalue weighted by atomic mass is 10.1. The van der Waals surface area contributed by atoms with Gasteiger partial charge in [0, 0.05) is 36.9 Å². The average Bonchev–Trinajstić information content (AvgIpc) is 2.51. The molecule has 22 heavy (non-hydrogen) atoms. The van der Waals surface area contributed by atoms with Gasteiger partial charge in [0.05, 0.1) is 5.52 Å². The molecule has 1 aromatic carbocycles. The van der Waals surface area contributed by atoms with Crippen LogP contribution >= 0.6 is 0 Å². The number of pyridine rings is 1. The highest BCUT2D eigenvalue weighted by Gasteiger charge is 2.32. The molecule has 2 heterocycles. The topological polar surface area (TPSA) is 36.4 Å². The zero-order valence-corrected chi connectivity index (χ0v) is 13.5. The monoisotopic (exact) mass is 297 g/mol. The minimum Gasteiger partial charge on any atom is -0.357 e. The standard InChI is InChI=1S/C18H23N3O/c1-13(2)12-20-10-11-21(14(3)18(20)22)17-8-9-19-16-7-5-4-6-15(16)17/h4-9,13-14H,10-12H2,1-3H3. The summed E-state index contributed by atoms with van der Waals surface area (Å²) >= 11 is 0. The normalized spacial score (nSPS) is 19.3. The first-order valence-corrected chi connectivity index (χ1v) is 7.97. The van der Waals surface area contributed by atoms with Crippen molar-refractivity contribution in [3.63, 3.8) is 0 Å². The Hall–Kier alpha value is -2.10. The van der Waals surface area contributed by atoms with Crippen molar-refractivity contribution in [1.82, 2.24) is 9.88 Å². The molecule has 4 nitrogen and oxygen atoms in total. The van der Waals surface area contributed by atoms with Crippen molar-refractivity contribution in [2.75, 3.05) is 24.5 Å². The van der Waals surface area contributed by atoms with Crippen LogP contribution in [0.25, 0.3) is 10.9 Å². The van der Waals surface area contributed by atoms with Crippen LogP contribution in [0.4, 0.5) is 5.69 Å². The average molecular weight is 297 g/mol. The quantitative estimate of drug-likeness (QED) is 0.874. The lowest BCUT2D eigenvalue weighted by molar-refractivity contribution is -0.134. The number of hydrogen-bond acceptors (Lipinski definition) is 3. The summed E-state index contributed by atoms with van der Waals surface area (Å²) in [6.45, 7) is 8.81. The first-order chi connectivity index (χ1) is 10.6. The Kier molecular flexibility index (Phi) is 4.01. The largest absolute Gasteiger partial charge is 0.357 e. The van der Waals surface area contributed by atoms with Gasteiger partial charge in [0.1, 0.15) is 6.04 Å². The van der Waals surface area contributed by atoms with Gasteiger partial charge in [-0.25, -0.2) is 0 Å². The Labute approximate surface area is 131 Å². The fourth-order valence-corrected chi connectivity index (χ4v) is 3.21. The molecule has 1 atom stereocenters. The number of piperazine rings is 1. The van der Waals surface area contributed by atoms with Crippen molar-refractivity contribution in [2.45, 2.75) is 26.8 Å². The van der Waals surface area contributed by atoms with Crippen LogP contribution in [0.15, 0.2) is 36.5 Å². The molecule has 1 fully saturated rings. The molecule has 1 aliphatic heterocycles. The molecular formula is C18H23N3O. The Balaban J connectivity index is 1.91. The molecule has 0 radical (unpaired) electrons. The van der Waals surface area contributed by atoms with Crippen molar-refractivity contribution in [2.24, 2.45) is 5.92 Å². The fourth-order valence-electron chi connectivity index (χ4n) is 3.21. The first-order valence-electron chi connectivity index (χ1n) is 7.97. The van der Waals surface area contributed by atoms with E-state index in [9.17, 15) is 4.79 Å². The van der Waals surface area contributed by atoms with E-state index < -0.39 is 0 Å². The summed E-state index contributed by atoms with van der Waals surface area (Å²) in [5.74, 6) is 0.727. The van der Waals surface area contributed by atoms with Gasteiger partial charge in [-0.05, 0) is 25.0 Å². The van der Waals surface area contributed by atoms with Gasteiger partial charge in [-0.1, -0.05) is 32.0 Å². The van der Waals surface area contributed by atoms with Gasteiger partial charge in [-0.15, -0.1) is 0 Å². The zero-order chi connectivity index (χ0) is 15.7. The number of rotatable bonds is 3. The van der Waals surface area contributed by atoms with Crippen LogP contribution in [0.2, 0.25) is 0 Å². The maximum absolute atomic E-state index is 12.6. The van der Waals surface area contributed by atoms with Gasteiger partial charge in [-0.2, -0.15) is 0 Å². The van der Waals surface area contributed by atoms with Crippen LogP contribution in [0.5, 0.6) is 0 Å². The third-order valence-corrected chi connectivity index (χ3v) is 4.27. The van der Waals surface area contributed by atoms with Crippen molar-refractivity contribution in [1.29, 1.82) is 0 Å². The Morgan fingerprint density at radius 3 is 2.77 bits per heavy atom. The smallest absolute Gasteiger partial charge is 0.245 e. The number of hydrogen-bond donors (Lipinski definition) is 0. The number of anilines is 1. The highest BCUT2D eigenvalue weighted by atomic mass is 16.2. The minimum absolute atomic E-state index is 0.127. The second kappa shape index (κ2) is 5.95. The summed E-state index contributed by atoms with van der Waals surface area (Å²) in [5, 5.41) is 1.11. The Bertz CT molecular complexity index is 678. The van der Waals surface area contributed by atoms with Crippen LogP contribution in [0.1, 0.15) is 20.8 Å². The summed E-state index contributed by atoms with van der Waals surface area (Å²) in [6, 6.07) is 10.0. The number of nitrogens with zero attached hydrogens (tertiary/aromatic N) is 3. The molecular weight excluding hydrogens is 274 g/mol. The van der Waals surface area contributed by atoms with E-state index in [4.69, 9.17) is 0 Å². The van der Waals surface area contributed by atoms with Crippen LogP contribution in [-0.2, 0) is 4.79 Å². The predicted octanol–water partition coefficient (Wildman–Crippen LogP) is 2.93. The van der Waals surface area contributed by atoms with Gasteiger partial charge in [0.25, 0.3) is 0 Å². The van der Waals surface area contributed by atoms with Crippen molar-refractivity contribution < 1.29 is 4.79 Å². The van der Waals surface area contributed by atoms with Crippen LogP contribution in [-0.4, -0.2) is 41.5 Å². The molecule has 0 saturated carbocycles. The molecule has 4 heteroatoms. The van der Waals surface area contributed by atoms with E-state index in [1.807, 2.05) is 42.3 Å². The summed E-state index contributed by atoms with van der Waals surface area (Å²) in [7, 11) is 0. The van der Waals surface area contributed by atoms with Crippen molar-refractivity contribution in [3.05, 3.63) is 36.5 Å².